The van der Waals surface area contributed by atoms with Crippen molar-refractivity contribution in [1.29, 1.82) is 0 Å². The number of nitrogens with zero attached hydrogens (tertiary/aromatic N) is 2. The average Bonchev–Trinajstić information content (AvgIpc) is 2.29. The summed E-state index contributed by atoms with van der Waals surface area (Å²) in [4.78, 5) is 8.20. The molecule has 2 rings (SSSR count). The Labute approximate surface area is 108 Å². The Kier molecular flexibility index (Phi) is 3.64. The summed E-state index contributed by atoms with van der Waals surface area (Å²) >= 11 is 17.5. The highest BCUT2D eigenvalue weighted by Crippen LogP contribution is 2.29. The van der Waals surface area contributed by atoms with Crippen LogP contribution in [0.5, 0.6) is 0 Å². The molecule has 5 heteroatoms. The van der Waals surface area contributed by atoms with Gasteiger partial charge in [-0.05, 0) is 12.1 Å². The van der Waals surface area contributed by atoms with Crippen molar-refractivity contribution in [1.82, 2.24) is 9.97 Å². The molecule has 82 valence electrons. The molecule has 0 fully saturated rings. The largest absolute Gasteiger partial charge is 0.239 e. The molecular formula is C11H7Cl3N2. The van der Waals surface area contributed by atoms with Crippen molar-refractivity contribution >= 4 is 34.8 Å². The van der Waals surface area contributed by atoms with Crippen LogP contribution in [0.1, 0.15) is 5.82 Å². The summed E-state index contributed by atoms with van der Waals surface area (Å²) in [7, 11) is 0. The van der Waals surface area contributed by atoms with Gasteiger partial charge >= 0.3 is 0 Å². The van der Waals surface area contributed by atoms with Crippen LogP contribution in [0, 0.1) is 0 Å². The van der Waals surface area contributed by atoms with Gasteiger partial charge in [-0.2, -0.15) is 0 Å². The summed E-state index contributed by atoms with van der Waals surface area (Å²) in [5.41, 5.74) is 1.70. The van der Waals surface area contributed by atoms with E-state index in [9.17, 15) is 0 Å². The second-order valence-electron chi connectivity index (χ2n) is 3.15. The Hall–Kier alpha value is -0.830. The van der Waals surface area contributed by atoms with Gasteiger partial charge in [-0.3, -0.25) is 0 Å². The molecule has 0 aliphatic rings. The van der Waals surface area contributed by atoms with Crippen LogP contribution in [-0.4, -0.2) is 9.97 Å². The van der Waals surface area contributed by atoms with Gasteiger partial charge in [0.25, 0.3) is 0 Å². The lowest BCUT2D eigenvalue weighted by Crippen LogP contribution is -1.91. The van der Waals surface area contributed by atoms with Crippen LogP contribution >= 0.6 is 34.8 Å². The van der Waals surface area contributed by atoms with Crippen LogP contribution in [0.25, 0.3) is 11.1 Å². The summed E-state index contributed by atoms with van der Waals surface area (Å²) < 4.78 is 0. The Balaban J connectivity index is 2.42. The van der Waals surface area contributed by atoms with E-state index in [4.69, 9.17) is 34.8 Å². The summed E-state index contributed by atoms with van der Waals surface area (Å²) in [6.45, 7) is 0. The first-order valence-electron chi connectivity index (χ1n) is 4.53. The molecule has 0 aliphatic carbocycles. The number of hydrogen-bond donors (Lipinski definition) is 0. The number of benzene rings is 1. The summed E-state index contributed by atoms with van der Waals surface area (Å²) in [5.74, 6) is 0.893. The standard InChI is InChI=1S/C11H7Cl3N2/c12-4-11-15-5-7(6-16-11)9-2-1-8(13)3-10(9)14/h1-3,5-6H,4H2. The molecule has 1 aromatic carbocycles. The van der Waals surface area contributed by atoms with Crippen molar-refractivity contribution in [2.24, 2.45) is 0 Å². The molecule has 0 aliphatic heterocycles. The van der Waals surface area contributed by atoms with Crippen LogP contribution in [0.4, 0.5) is 0 Å². The van der Waals surface area contributed by atoms with E-state index in [0.717, 1.165) is 11.1 Å². The molecular weight excluding hydrogens is 266 g/mol. The van der Waals surface area contributed by atoms with Crippen molar-refractivity contribution in [2.75, 3.05) is 0 Å². The van der Waals surface area contributed by atoms with Crippen molar-refractivity contribution < 1.29 is 0 Å². The monoisotopic (exact) mass is 272 g/mol. The number of alkyl halides is 1. The minimum Gasteiger partial charge on any atom is -0.239 e. The van der Waals surface area contributed by atoms with Crippen LogP contribution in [-0.2, 0) is 5.88 Å². The van der Waals surface area contributed by atoms with Crippen molar-refractivity contribution in [3.63, 3.8) is 0 Å². The fraction of sp³-hybridized carbons (Fsp3) is 0.0909. The number of aromatic nitrogens is 2. The molecule has 1 heterocycles. The van der Waals surface area contributed by atoms with E-state index in [0.29, 0.717) is 21.7 Å². The first-order valence-corrected chi connectivity index (χ1v) is 5.82. The van der Waals surface area contributed by atoms with Gasteiger partial charge in [0.1, 0.15) is 5.82 Å². The molecule has 1 aromatic heterocycles. The maximum Gasteiger partial charge on any atom is 0.142 e. The minimum absolute atomic E-state index is 0.300. The third kappa shape index (κ3) is 2.46. The van der Waals surface area contributed by atoms with E-state index >= 15 is 0 Å². The summed E-state index contributed by atoms with van der Waals surface area (Å²) in [5, 5.41) is 1.18. The lowest BCUT2D eigenvalue weighted by molar-refractivity contribution is 1.03. The predicted molar refractivity (Wildman–Crippen MR) is 67.0 cm³/mol. The zero-order valence-corrected chi connectivity index (χ0v) is 10.4. The second kappa shape index (κ2) is 5.00. The summed E-state index contributed by atoms with van der Waals surface area (Å²) in [6, 6.07) is 5.30. The van der Waals surface area contributed by atoms with E-state index < -0.39 is 0 Å². The van der Waals surface area contributed by atoms with Gasteiger partial charge in [0.15, 0.2) is 0 Å². The molecule has 2 aromatic rings. The fourth-order valence-corrected chi connectivity index (χ4v) is 1.94. The molecule has 0 atom stereocenters. The Morgan fingerprint density at radius 3 is 2.31 bits per heavy atom. The first-order chi connectivity index (χ1) is 7.70. The maximum absolute atomic E-state index is 6.07. The lowest BCUT2D eigenvalue weighted by atomic mass is 10.1. The molecule has 0 spiro atoms. The number of halogens is 3. The van der Waals surface area contributed by atoms with E-state index in [-0.39, 0.29) is 0 Å². The van der Waals surface area contributed by atoms with Gasteiger partial charge in [0.2, 0.25) is 0 Å². The molecule has 0 amide bonds. The highest BCUT2D eigenvalue weighted by molar-refractivity contribution is 6.36. The quantitative estimate of drug-likeness (QED) is 0.767. The van der Waals surface area contributed by atoms with Gasteiger partial charge in [-0.1, -0.05) is 29.3 Å². The van der Waals surface area contributed by atoms with Crippen LogP contribution in [0.3, 0.4) is 0 Å². The van der Waals surface area contributed by atoms with Gasteiger partial charge in [0, 0.05) is 33.6 Å². The third-order valence-corrected chi connectivity index (χ3v) is 2.85. The Bertz CT molecular complexity index is 497. The predicted octanol–water partition coefficient (Wildman–Crippen LogP) is 4.19. The number of hydrogen-bond acceptors (Lipinski definition) is 2. The van der Waals surface area contributed by atoms with Crippen molar-refractivity contribution in [3.8, 4) is 11.1 Å². The minimum atomic E-state index is 0.300. The Morgan fingerprint density at radius 1 is 1.06 bits per heavy atom. The average molecular weight is 274 g/mol. The SMILES string of the molecule is ClCc1ncc(-c2ccc(Cl)cc2Cl)cn1. The highest BCUT2D eigenvalue weighted by Gasteiger charge is 2.05. The van der Waals surface area contributed by atoms with Crippen molar-refractivity contribution in [2.45, 2.75) is 5.88 Å². The van der Waals surface area contributed by atoms with E-state index in [1.165, 1.54) is 0 Å². The normalized spacial score (nSPS) is 10.4. The van der Waals surface area contributed by atoms with E-state index in [2.05, 4.69) is 9.97 Å². The smallest absolute Gasteiger partial charge is 0.142 e. The van der Waals surface area contributed by atoms with Crippen LogP contribution in [0.2, 0.25) is 10.0 Å². The fourth-order valence-electron chi connectivity index (χ4n) is 1.29. The molecule has 0 radical (unpaired) electrons. The highest BCUT2D eigenvalue weighted by atomic mass is 35.5. The van der Waals surface area contributed by atoms with Crippen LogP contribution in [0.15, 0.2) is 30.6 Å². The zero-order valence-electron chi connectivity index (χ0n) is 8.12. The van der Waals surface area contributed by atoms with Gasteiger partial charge in [0.05, 0.1) is 5.88 Å². The van der Waals surface area contributed by atoms with E-state index in [1.807, 2.05) is 6.07 Å². The lowest BCUT2D eigenvalue weighted by Gasteiger charge is -2.04. The third-order valence-electron chi connectivity index (χ3n) is 2.07. The maximum atomic E-state index is 6.07. The van der Waals surface area contributed by atoms with Crippen molar-refractivity contribution in [3.05, 3.63) is 46.5 Å². The first kappa shape index (κ1) is 11.6. The second-order valence-corrected chi connectivity index (χ2v) is 4.26. The summed E-state index contributed by atoms with van der Waals surface area (Å²) in [6.07, 6.45) is 3.39. The molecule has 0 bridgehead atoms. The van der Waals surface area contributed by atoms with E-state index in [1.54, 1.807) is 24.5 Å². The Morgan fingerprint density at radius 2 is 1.75 bits per heavy atom. The zero-order chi connectivity index (χ0) is 11.5. The molecule has 16 heavy (non-hydrogen) atoms. The molecule has 0 unspecified atom stereocenters. The molecule has 2 nitrogen and oxygen atoms in total. The number of rotatable bonds is 2. The topological polar surface area (TPSA) is 25.8 Å². The molecule has 0 N–H and O–H groups in total. The van der Waals surface area contributed by atoms with Gasteiger partial charge in [-0.15, -0.1) is 11.6 Å². The molecule has 0 saturated heterocycles. The van der Waals surface area contributed by atoms with Crippen LogP contribution < -0.4 is 0 Å². The van der Waals surface area contributed by atoms with Gasteiger partial charge < -0.3 is 0 Å². The molecule has 0 saturated carbocycles. The van der Waals surface area contributed by atoms with Gasteiger partial charge in [-0.25, -0.2) is 9.97 Å².